The van der Waals surface area contributed by atoms with Gasteiger partial charge in [0.15, 0.2) is 0 Å². The highest BCUT2D eigenvalue weighted by atomic mass is 32.2. The first-order valence-electron chi connectivity index (χ1n) is 9.70. The lowest BCUT2D eigenvalue weighted by Gasteiger charge is -2.30. The maximum Gasteiger partial charge on any atom is 0.271 e. The molecular weight excluding hydrogens is 410 g/mol. The number of nitro benzene ring substituents is 1. The molecule has 0 saturated carbocycles. The fraction of sp³-hybridized carbons (Fsp3) is 0.400. The van der Waals surface area contributed by atoms with Gasteiger partial charge in [0, 0.05) is 12.1 Å². The van der Waals surface area contributed by atoms with Crippen molar-refractivity contribution in [3.05, 3.63) is 64.2 Å². The van der Waals surface area contributed by atoms with Crippen LogP contribution in [0.15, 0.2) is 53.4 Å². The van der Waals surface area contributed by atoms with Gasteiger partial charge in [-0.05, 0) is 25.1 Å². The molecule has 1 saturated heterocycles. The molecule has 10 heteroatoms. The zero-order chi connectivity index (χ0) is 21.7. The SMILES string of the molecule is Cc1ccc(S(=O)(=O)N(C[C@H](O)C[NH+]2CCOCC2)c2cccc([N+](=O)[O-])c2)cc1. The number of quaternary nitrogens is 1. The Morgan fingerprint density at radius 1 is 1.20 bits per heavy atom. The molecule has 3 rings (SSSR count). The van der Waals surface area contributed by atoms with Crippen LogP contribution in [0, 0.1) is 17.0 Å². The number of aliphatic hydroxyl groups is 1. The van der Waals surface area contributed by atoms with Crippen molar-refractivity contribution in [3.63, 3.8) is 0 Å². The normalized spacial score (nSPS) is 16.2. The zero-order valence-electron chi connectivity index (χ0n) is 16.7. The Kier molecular flexibility index (Phi) is 7.03. The average molecular weight is 437 g/mol. The lowest BCUT2D eigenvalue weighted by Crippen LogP contribution is -3.15. The van der Waals surface area contributed by atoms with Crippen molar-refractivity contribution in [2.24, 2.45) is 0 Å². The van der Waals surface area contributed by atoms with E-state index in [0.29, 0.717) is 19.8 Å². The van der Waals surface area contributed by atoms with Gasteiger partial charge < -0.3 is 14.7 Å². The Morgan fingerprint density at radius 3 is 2.50 bits per heavy atom. The zero-order valence-corrected chi connectivity index (χ0v) is 17.5. The number of aliphatic hydroxyl groups excluding tert-OH is 1. The number of rotatable bonds is 8. The number of hydrogen-bond donors (Lipinski definition) is 2. The van der Waals surface area contributed by atoms with Gasteiger partial charge in [-0.3, -0.25) is 14.4 Å². The van der Waals surface area contributed by atoms with E-state index in [-0.39, 0.29) is 22.8 Å². The van der Waals surface area contributed by atoms with Gasteiger partial charge in [0.1, 0.15) is 25.7 Å². The molecular formula is C20H26N3O6S+. The number of morpholine rings is 1. The minimum atomic E-state index is -4.03. The minimum absolute atomic E-state index is 0.0607. The lowest BCUT2D eigenvalue weighted by atomic mass is 10.2. The Balaban J connectivity index is 1.92. The summed E-state index contributed by atoms with van der Waals surface area (Å²) in [6, 6.07) is 11.8. The van der Waals surface area contributed by atoms with E-state index in [1.165, 1.54) is 36.4 Å². The molecule has 30 heavy (non-hydrogen) atoms. The van der Waals surface area contributed by atoms with Crippen LogP contribution in [0.3, 0.4) is 0 Å². The molecule has 0 unspecified atom stereocenters. The fourth-order valence-electron chi connectivity index (χ4n) is 3.39. The van der Waals surface area contributed by atoms with Crippen LogP contribution in [0.2, 0.25) is 0 Å². The maximum absolute atomic E-state index is 13.4. The Labute approximate surface area is 175 Å². The van der Waals surface area contributed by atoms with Crippen LogP contribution in [0.4, 0.5) is 11.4 Å². The third-order valence-electron chi connectivity index (χ3n) is 5.04. The number of nitrogens with one attached hydrogen (secondary N) is 1. The highest BCUT2D eigenvalue weighted by Crippen LogP contribution is 2.27. The highest BCUT2D eigenvalue weighted by molar-refractivity contribution is 7.92. The van der Waals surface area contributed by atoms with Crippen molar-refractivity contribution in [2.75, 3.05) is 43.7 Å². The first-order valence-corrected chi connectivity index (χ1v) is 11.1. The molecule has 1 aliphatic rings. The van der Waals surface area contributed by atoms with E-state index >= 15 is 0 Å². The van der Waals surface area contributed by atoms with Crippen LogP contribution in [0.25, 0.3) is 0 Å². The number of nitrogens with zero attached hydrogens (tertiary/aromatic N) is 2. The molecule has 1 atom stereocenters. The standard InChI is InChI=1S/C20H25N3O6S/c1-16-5-7-20(8-6-16)30(27,28)22(17-3-2-4-18(13-17)23(25)26)15-19(24)14-21-9-11-29-12-10-21/h2-8,13,19,24H,9-12,14-15H2,1H3/p+1/t19-/m1/s1. The third kappa shape index (κ3) is 5.33. The van der Waals surface area contributed by atoms with Crippen LogP contribution in [-0.2, 0) is 14.8 Å². The Hall–Kier alpha value is -2.53. The third-order valence-corrected chi connectivity index (χ3v) is 6.85. The summed E-state index contributed by atoms with van der Waals surface area (Å²) in [7, 11) is -4.03. The van der Waals surface area contributed by atoms with Gasteiger partial charge in [-0.25, -0.2) is 8.42 Å². The Bertz CT molecular complexity index is 974. The number of sulfonamides is 1. The molecule has 1 fully saturated rings. The second-order valence-corrected chi connectivity index (χ2v) is 9.21. The molecule has 2 N–H and O–H groups in total. The molecule has 0 amide bonds. The summed E-state index contributed by atoms with van der Waals surface area (Å²) in [6.45, 7) is 4.66. The summed E-state index contributed by atoms with van der Waals surface area (Å²) in [5.41, 5.74) is 0.831. The topological polar surface area (TPSA) is 114 Å². The molecule has 1 aliphatic heterocycles. The van der Waals surface area contributed by atoms with Crippen LogP contribution in [0.1, 0.15) is 5.56 Å². The minimum Gasteiger partial charge on any atom is -0.385 e. The first kappa shape index (κ1) is 22.2. The molecule has 2 aromatic carbocycles. The van der Waals surface area contributed by atoms with Gasteiger partial charge >= 0.3 is 0 Å². The van der Waals surface area contributed by atoms with Crippen molar-refractivity contribution in [3.8, 4) is 0 Å². The smallest absolute Gasteiger partial charge is 0.271 e. The summed E-state index contributed by atoms with van der Waals surface area (Å²) in [6.07, 6.45) is -0.947. The second-order valence-electron chi connectivity index (χ2n) is 7.35. The predicted molar refractivity (Wildman–Crippen MR) is 111 cm³/mol. The molecule has 162 valence electrons. The number of anilines is 1. The van der Waals surface area contributed by atoms with E-state index in [0.717, 1.165) is 27.9 Å². The van der Waals surface area contributed by atoms with Crippen molar-refractivity contribution in [2.45, 2.75) is 17.9 Å². The number of benzene rings is 2. The van der Waals surface area contributed by atoms with Gasteiger partial charge in [-0.2, -0.15) is 0 Å². The van der Waals surface area contributed by atoms with Crippen LogP contribution < -0.4 is 9.21 Å². The number of aryl methyl sites for hydroxylation is 1. The highest BCUT2D eigenvalue weighted by Gasteiger charge is 2.30. The van der Waals surface area contributed by atoms with E-state index in [9.17, 15) is 23.6 Å². The lowest BCUT2D eigenvalue weighted by molar-refractivity contribution is -0.910. The van der Waals surface area contributed by atoms with Gasteiger partial charge in [0.25, 0.3) is 15.7 Å². The van der Waals surface area contributed by atoms with Crippen molar-refractivity contribution in [1.82, 2.24) is 0 Å². The van der Waals surface area contributed by atoms with Crippen molar-refractivity contribution >= 4 is 21.4 Å². The predicted octanol–water partition coefficient (Wildman–Crippen LogP) is 0.375. The van der Waals surface area contributed by atoms with Crippen LogP contribution >= 0.6 is 0 Å². The molecule has 2 aromatic rings. The number of ether oxygens (including phenoxy) is 1. The van der Waals surface area contributed by atoms with E-state index in [1.807, 2.05) is 6.92 Å². The van der Waals surface area contributed by atoms with E-state index in [2.05, 4.69) is 0 Å². The maximum atomic E-state index is 13.4. The van der Waals surface area contributed by atoms with E-state index in [4.69, 9.17) is 4.74 Å². The van der Waals surface area contributed by atoms with Crippen molar-refractivity contribution in [1.29, 1.82) is 0 Å². The Morgan fingerprint density at radius 2 is 1.87 bits per heavy atom. The number of hydrogen-bond acceptors (Lipinski definition) is 6. The quantitative estimate of drug-likeness (QED) is 0.457. The van der Waals surface area contributed by atoms with E-state index in [1.54, 1.807) is 12.1 Å². The fourth-order valence-corrected chi connectivity index (χ4v) is 4.89. The van der Waals surface area contributed by atoms with Gasteiger partial charge in [0.2, 0.25) is 0 Å². The second kappa shape index (κ2) is 9.52. The van der Waals surface area contributed by atoms with Gasteiger partial charge in [-0.1, -0.05) is 23.8 Å². The summed E-state index contributed by atoms with van der Waals surface area (Å²) in [5, 5.41) is 21.9. The molecule has 0 aromatic heterocycles. The van der Waals surface area contributed by atoms with Gasteiger partial charge in [0.05, 0.1) is 35.3 Å². The monoisotopic (exact) mass is 436 g/mol. The van der Waals surface area contributed by atoms with Crippen molar-refractivity contribution < 1.29 is 28.1 Å². The summed E-state index contributed by atoms with van der Waals surface area (Å²) in [4.78, 5) is 11.8. The van der Waals surface area contributed by atoms with E-state index < -0.39 is 21.1 Å². The first-order chi connectivity index (χ1) is 14.3. The molecule has 1 heterocycles. The summed E-state index contributed by atoms with van der Waals surface area (Å²) in [5.74, 6) is 0. The summed E-state index contributed by atoms with van der Waals surface area (Å²) < 4.78 is 33.1. The average Bonchev–Trinajstić information content (AvgIpc) is 2.73. The number of non-ortho nitro benzene ring substituents is 1. The molecule has 0 radical (unpaired) electrons. The number of nitro groups is 1. The largest absolute Gasteiger partial charge is 0.385 e. The molecule has 9 nitrogen and oxygen atoms in total. The van der Waals surface area contributed by atoms with Crippen LogP contribution in [0.5, 0.6) is 0 Å². The van der Waals surface area contributed by atoms with Gasteiger partial charge in [-0.15, -0.1) is 0 Å². The molecule has 0 spiro atoms. The molecule has 0 aliphatic carbocycles. The van der Waals surface area contributed by atoms with Crippen LogP contribution in [-0.4, -0.2) is 63.9 Å². The molecule has 0 bridgehead atoms. The summed E-state index contributed by atoms with van der Waals surface area (Å²) >= 11 is 0.